The molecule has 8 heteroatoms. The van der Waals surface area contributed by atoms with Gasteiger partial charge in [0.05, 0.1) is 0 Å². The molecule has 0 unspecified atom stereocenters. The van der Waals surface area contributed by atoms with Gasteiger partial charge in [-0.05, 0) is 55.4 Å². The number of hydrogen-bond acceptors (Lipinski definition) is 5. The van der Waals surface area contributed by atoms with Gasteiger partial charge in [-0.2, -0.15) is 0 Å². The van der Waals surface area contributed by atoms with Crippen molar-refractivity contribution in [3.63, 3.8) is 0 Å². The van der Waals surface area contributed by atoms with Crippen LogP contribution in [-0.4, -0.2) is 21.6 Å². The van der Waals surface area contributed by atoms with E-state index in [0.717, 1.165) is 35.3 Å². The average Bonchev–Trinajstić information content (AvgIpc) is 3.36. The molecule has 0 atom stereocenters. The molecule has 1 saturated heterocycles. The highest BCUT2D eigenvalue weighted by molar-refractivity contribution is 14.2. The van der Waals surface area contributed by atoms with Gasteiger partial charge in [0.25, 0.3) is 11.8 Å². The van der Waals surface area contributed by atoms with Crippen molar-refractivity contribution in [3.05, 3.63) is 47.0 Å². The molecule has 0 amide bonds. The maximum atomic E-state index is 12.8. The normalized spacial score (nSPS) is 17.3. The molecule has 2 fully saturated rings. The number of benzene rings is 1. The largest absolute Gasteiger partial charge is 0.388 e. The van der Waals surface area contributed by atoms with Crippen LogP contribution in [0.15, 0.2) is 41.5 Å². The van der Waals surface area contributed by atoms with E-state index in [-0.39, 0.29) is 5.56 Å². The molecule has 2 aliphatic rings. The number of hydrogen-bond donors (Lipinski definition) is 0. The Balaban J connectivity index is 1.68. The monoisotopic (exact) mass is 532 g/mol. The molecule has 0 radical (unpaired) electrons. The Kier molecular flexibility index (Phi) is 4.98. The van der Waals surface area contributed by atoms with Crippen molar-refractivity contribution in [2.24, 2.45) is 12.5 Å². The summed E-state index contributed by atoms with van der Waals surface area (Å²) in [6.07, 6.45) is 10.8. The predicted molar refractivity (Wildman–Crippen MR) is 129 cm³/mol. The van der Waals surface area contributed by atoms with Gasteiger partial charge in [-0.25, -0.2) is 0 Å². The molecule has 0 N–H and O–H groups in total. The lowest BCUT2D eigenvalue weighted by molar-refractivity contribution is 0.384. The van der Waals surface area contributed by atoms with Gasteiger partial charge in [-0.3, -0.25) is 8.77 Å². The van der Waals surface area contributed by atoms with Crippen LogP contribution < -0.4 is 15.2 Å². The second kappa shape index (κ2) is 7.54. The lowest BCUT2D eigenvalue weighted by Crippen LogP contribution is -2.34. The zero-order chi connectivity index (χ0) is 20.9. The number of nitriles is 1. The number of aryl methyl sites for hydroxylation is 1. The van der Waals surface area contributed by atoms with Gasteiger partial charge >= 0.3 is 0 Å². The van der Waals surface area contributed by atoms with Crippen molar-refractivity contribution in [2.45, 2.75) is 25.7 Å². The van der Waals surface area contributed by atoms with E-state index in [1.54, 1.807) is 17.9 Å². The molecule has 3 aromatic rings. The fourth-order valence-corrected chi connectivity index (χ4v) is 5.96. The number of pyridine rings is 1. The van der Waals surface area contributed by atoms with E-state index in [1.165, 1.54) is 34.8 Å². The number of anilines is 1. The van der Waals surface area contributed by atoms with Crippen molar-refractivity contribution in [2.75, 3.05) is 18.0 Å². The zero-order valence-corrected chi connectivity index (χ0v) is 19.6. The number of halogens is 1. The first kappa shape index (κ1) is 19.8. The first-order valence-corrected chi connectivity index (χ1v) is 13.3. The second-order valence-corrected chi connectivity index (χ2v) is 10.0. The molecule has 30 heavy (non-hydrogen) atoms. The summed E-state index contributed by atoms with van der Waals surface area (Å²) in [4.78, 5) is 15.3. The fourth-order valence-electron chi connectivity index (χ4n) is 4.62. The van der Waals surface area contributed by atoms with Crippen molar-refractivity contribution < 1.29 is 4.74 Å². The molecule has 1 aliphatic carbocycles. The summed E-state index contributed by atoms with van der Waals surface area (Å²) in [5, 5.41) is 9.93. The molecule has 6 nitrogen and oxygen atoms in total. The smallest absolute Gasteiger partial charge is 0.292 e. The summed E-state index contributed by atoms with van der Waals surface area (Å²) in [5.41, 5.74) is 4.34. The molecule has 1 spiro atoms. The van der Waals surface area contributed by atoms with E-state index in [4.69, 9.17) is 10.00 Å². The van der Waals surface area contributed by atoms with Gasteiger partial charge in [-0.15, -0.1) is 5.26 Å². The van der Waals surface area contributed by atoms with Gasteiger partial charge in [0.2, 0.25) is 0 Å². The van der Waals surface area contributed by atoms with Crippen LogP contribution in [0, 0.1) is 16.9 Å². The molecule has 1 saturated carbocycles. The summed E-state index contributed by atoms with van der Waals surface area (Å²) in [6, 6.07) is 7.82. The van der Waals surface area contributed by atoms with Crippen LogP contribution in [0.4, 0.5) is 5.69 Å². The minimum atomic E-state index is -0.0254. The SMILES string of the molecule is Cn1cc(-c2cc(OC#N)ccc2N2CCC3(CC2)CC3)c2ccn(SI)c2c1=O. The summed E-state index contributed by atoms with van der Waals surface area (Å²) in [6.45, 7) is 2.07. The number of fused-ring (bicyclic) bond motifs is 1. The molecule has 0 bridgehead atoms. The van der Waals surface area contributed by atoms with Gasteiger partial charge < -0.3 is 14.2 Å². The number of aromatic nitrogens is 2. The molecule has 154 valence electrons. The maximum absolute atomic E-state index is 12.8. The Morgan fingerprint density at radius 3 is 2.60 bits per heavy atom. The summed E-state index contributed by atoms with van der Waals surface area (Å²) in [5.74, 6) is 0.511. The van der Waals surface area contributed by atoms with Gasteiger partial charge in [0.1, 0.15) is 11.3 Å². The molecule has 5 rings (SSSR count). The van der Waals surface area contributed by atoms with Crippen LogP contribution in [0.5, 0.6) is 5.75 Å². The van der Waals surface area contributed by atoms with Crippen molar-refractivity contribution >= 4 is 46.9 Å². The Morgan fingerprint density at radius 1 is 1.17 bits per heavy atom. The molecule has 1 aromatic carbocycles. The summed E-state index contributed by atoms with van der Waals surface area (Å²) >= 11 is 2.19. The molecule has 1 aliphatic heterocycles. The predicted octanol–water partition coefficient (Wildman–Crippen LogP) is 5.09. The van der Waals surface area contributed by atoms with Gasteiger partial charge in [0, 0.05) is 85.1 Å². The van der Waals surface area contributed by atoms with Crippen LogP contribution in [0.2, 0.25) is 0 Å². The van der Waals surface area contributed by atoms with Gasteiger partial charge in [0.15, 0.2) is 0 Å². The van der Waals surface area contributed by atoms with Crippen LogP contribution in [0.1, 0.15) is 25.7 Å². The summed E-state index contributed by atoms with van der Waals surface area (Å²) < 4.78 is 8.69. The zero-order valence-electron chi connectivity index (χ0n) is 16.6. The minimum Gasteiger partial charge on any atom is -0.388 e. The fraction of sp³-hybridized carbons (Fsp3) is 0.364. The molecular weight excluding hydrogens is 511 g/mol. The number of ether oxygens (including phenoxy) is 1. The highest BCUT2D eigenvalue weighted by atomic mass is 127. The van der Waals surface area contributed by atoms with Crippen LogP contribution >= 0.6 is 30.3 Å². The van der Waals surface area contributed by atoms with Crippen molar-refractivity contribution in [1.29, 1.82) is 5.26 Å². The van der Waals surface area contributed by atoms with Crippen LogP contribution in [0.3, 0.4) is 0 Å². The maximum Gasteiger partial charge on any atom is 0.292 e. The van der Waals surface area contributed by atoms with Crippen molar-refractivity contribution in [3.8, 4) is 23.1 Å². The average molecular weight is 532 g/mol. The Hall–Kier alpha value is -2.12. The van der Waals surface area contributed by atoms with E-state index in [2.05, 4.69) is 26.1 Å². The Morgan fingerprint density at radius 2 is 1.93 bits per heavy atom. The highest BCUT2D eigenvalue weighted by Crippen LogP contribution is 2.54. The quantitative estimate of drug-likeness (QED) is 0.346. The van der Waals surface area contributed by atoms with E-state index in [9.17, 15) is 4.79 Å². The second-order valence-electron chi connectivity index (χ2n) is 8.29. The lowest BCUT2D eigenvalue weighted by Gasteiger charge is -2.35. The molecule has 2 aromatic heterocycles. The van der Waals surface area contributed by atoms with E-state index < -0.39 is 0 Å². The van der Waals surface area contributed by atoms with E-state index in [0.29, 0.717) is 16.7 Å². The Labute approximate surface area is 191 Å². The Bertz CT molecular complexity index is 1230. The number of nitrogens with zero attached hydrogens (tertiary/aromatic N) is 4. The minimum absolute atomic E-state index is 0.0254. The number of rotatable bonds is 4. The van der Waals surface area contributed by atoms with Crippen LogP contribution in [0.25, 0.3) is 22.0 Å². The lowest BCUT2D eigenvalue weighted by atomic mass is 9.92. The third-order valence-corrected chi connectivity index (χ3v) is 8.33. The highest BCUT2D eigenvalue weighted by Gasteiger charge is 2.44. The van der Waals surface area contributed by atoms with Gasteiger partial charge in [-0.1, -0.05) is 0 Å². The van der Waals surface area contributed by atoms with E-state index in [1.807, 2.05) is 40.6 Å². The van der Waals surface area contributed by atoms with E-state index >= 15 is 0 Å². The third kappa shape index (κ3) is 3.28. The standard InChI is InChI=1S/C22H21IN4O2S/c1-25-13-18(16-4-9-27(30-23)20(16)21(25)28)17-12-15(29-14-24)2-3-19(17)26-10-7-22(5-6-22)8-11-26/h2-4,9,12-13H,5-8,10-11H2,1H3. The van der Waals surface area contributed by atoms with Crippen LogP contribution in [-0.2, 0) is 7.05 Å². The summed E-state index contributed by atoms with van der Waals surface area (Å²) in [7, 11) is 3.26. The first-order chi connectivity index (χ1) is 14.5. The molecule has 3 heterocycles. The number of piperidine rings is 1. The topological polar surface area (TPSA) is 63.2 Å². The first-order valence-electron chi connectivity index (χ1n) is 10.0. The molecular formula is C22H21IN4O2S. The third-order valence-electron chi connectivity index (χ3n) is 6.61. The van der Waals surface area contributed by atoms with Crippen molar-refractivity contribution in [1.82, 2.24) is 8.54 Å².